The van der Waals surface area contributed by atoms with Crippen LogP contribution in [-0.2, 0) is 20.7 Å². The number of anilines is 1. The van der Waals surface area contributed by atoms with Gasteiger partial charge in [0.05, 0.1) is 13.5 Å². The van der Waals surface area contributed by atoms with Crippen LogP contribution in [0.2, 0.25) is 5.02 Å². The maximum absolute atomic E-state index is 11.8. The van der Waals surface area contributed by atoms with E-state index < -0.39 is 11.9 Å². The third-order valence-corrected chi connectivity index (χ3v) is 3.27. The summed E-state index contributed by atoms with van der Waals surface area (Å²) < 4.78 is 10.1. The molecule has 0 heterocycles. The molecule has 5 nitrogen and oxygen atoms in total. The van der Waals surface area contributed by atoms with Crippen LogP contribution >= 0.6 is 11.6 Å². The Morgan fingerprint density at radius 2 is 1.78 bits per heavy atom. The van der Waals surface area contributed by atoms with Crippen LogP contribution in [0.5, 0.6) is 5.75 Å². The summed E-state index contributed by atoms with van der Waals surface area (Å²) >= 11 is 5.76. The van der Waals surface area contributed by atoms with Gasteiger partial charge in [-0.25, -0.2) is 0 Å². The number of benzene rings is 2. The quantitative estimate of drug-likeness (QED) is 0.825. The minimum atomic E-state index is -0.499. The summed E-state index contributed by atoms with van der Waals surface area (Å²) in [5.41, 5.74) is 1.29. The second-order valence-corrected chi connectivity index (χ2v) is 5.14. The molecular formula is C17H16ClNO4. The molecule has 2 rings (SSSR count). The largest absolute Gasteiger partial charge is 0.496 e. The van der Waals surface area contributed by atoms with Crippen molar-refractivity contribution in [1.29, 1.82) is 0 Å². The Hall–Kier alpha value is -2.53. The molecule has 0 bridgehead atoms. The van der Waals surface area contributed by atoms with E-state index in [2.05, 4.69) is 5.32 Å². The molecule has 0 fully saturated rings. The molecule has 0 saturated carbocycles. The lowest BCUT2D eigenvalue weighted by molar-refractivity contribution is -0.146. The van der Waals surface area contributed by atoms with Gasteiger partial charge >= 0.3 is 5.97 Å². The summed E-state index contributed by atoms with van der Waals surface area (Å²) in [5, 5.41) is 3.19. The Balaban J connectivity index is 1.82. The zero-order valence-electron chi connectivity index (χ0n) is 12.5. The number of carbonyl (C=O) groups excluding carboxylic acids is 2. The molecule has 0 aliphatic carbocycles. The lowest BCUT2D eigenvalue weighted by Gasteiger charge is -2.09. The molecule has 23 heavy (non-hydrogen) atoms. The molecule has 0 aliphatic rings. The van der Waals surface area contributed by atoms with Crippen LogP contribution in [-0.4, -0.2) is 25.6 Å². The molecule has 120 valence electrons. The molecule has 1 amide bonds. The molecule has 0 atom stereocenters. The van der Waals surface area contributed by atoms with Gasteiger partial charge in [-0.05, 0) is 30.3 Å². The highest BCUT2D eigenvalue weighted by atomic mass is 35.5. The van der Waals surface area contributed by atoms with Gasteiger partial charge in [-0.2, -0.15) is 0 Å². The van der Waals surface area contributed by atoms with Crippen molar-refractivity contribution >= 4 is 29.2 Å². The molecule has 0 aliphatic heterocycles. The van der Waals surface area contributed by atoms with Crippen LogP contribution in [0.4, 0.5) is 5.69 Å². The van der Waals surface area contributed by atoms with Gasteiger partial charge in [0, 0.05) is 16.3 Å². The number of rotatable bonds is 6. The summed E-state index contributed by atoms with van der Waals surface area (Å²) in [5.74, 6) is -0.309. The van der Waals surface area contributed by atoms with E-state index in [1.807, 2.05) is 6.07 Å². The molecule has 0 aromatic heterocycles. The Bertz CT molecular complexity index is 685. The summed E-state index contributed by atoms with van der Waals surface area (Å²) in [4.78, 5) is 23.5. The first kappa shape index (κ1) is 16.8. The average molecular weight is 334 g/mol. The number of halogens is 1. The highest BCUT2D eigenvalue weighted by molar-refractivity contribution is 6.30. The summed E-state index contributed by atoms with van der Waals surface area (Å²) in [7, 11) is 1.53. The minimum absolute atomic E-state index is 0.0399. The fraction of sp³-hybridized carbons (Fsp3) is 0.176. The van der Waals surface area contributed by atoms with E-state index in [9.17, 15) is 9.59 Å². The van der Waals surface area contributed by atoms with Crippen molar-refractivity contribution in [3.63, 3.8) is 0 Å². The highest BCUT2D eigenvalue weighted by Crippen LogP contribution is 2.18. The maximum Gasteiger partial charge on any atom is 0.310 e. The van der Waals surface area contributed by atoms with Gasteiger partial charge in [0.25, 0.3) is 5.91 Å². The van der Waals surface area contributed by atoms with E-state index in [1.54, 1.807) is 42.5 Å². The Kier molecular flexibility index (Phi) is 6.00. The lowest BCUT2D eigenvalue weighted by atomic mass is 10.1. The average Bonchev–Trinajstić information content (AvgIpc) is 2.55. The third-order valence-electron chi connectivity index (χ3n) is 3.02. The smallest absolute Gasteiger partial charge is 0.310 e. The second-order valence-electron chi connectivity index (χ2n) is 4.70. The molecule has 0 saturated heterocycles. The van der Waals surface area contributed by atoms with Crippen molar-refractivity contribution < 1.29 is 19.1 Å². The first-order valence-electron chi connectivity index (χ1n) is 6.91. The van der Waals surface area contributed by atoms with Crippen LogP contribution < -0.4 is 10.1 Å². The van der Waals surface area contributed by atoms with Crippen molar-refractivity contribution in [3.8, 4) is 5.75 Å². The van der Waals surface area contributed by atoms with Crippen molar-refractivity contribution in [2.75, 3.05) is 19.0 Å². The Morgan fingerprint density at radius 1 is 1.09 bits per heavy atom. The van der Waals surface area contributed by atoms with Gasteiger partial charge in [0.1, 0.15) is 5.75 Å². The van der Waals surface area contributed by atoms with Gasteiger partial charge in [-0.15, -0.1) is 0 Å². The van der Waals surface area contributed by atoms with E-state index >= 15 is 0 Å². The first-order chi connectivity index (χ1) is 11.1. The predicted molar refractivity (Wildman–Crippen MR) is 87.7 cm³/mol. The zero-order valence-corrected chi connectivity index (χ0v) is 13.3. The SMILES string of the molecule is COc1ccccc1CC(=O)OCC(=O)Nc1ccc(Cl)cc1. The van der Waals surface area contributed by atoms with E-state index in [0.29, 0.717) is 22.0 Å². The fourth-order valence-corrected chi connectivity index (χ4v) is 2.06. The fourth-order valence-electron chi connectivity index (χ4n) is 1.93. The molecule has 6 heteroatoms. The highest BCUT2D eigenvalue weighted by Gasteiger charge is 2.11. The van der Waals surface area contributed by atoms with Crippen LogP contribution in [0.3, 0.4) is 0 Å². The van der Waals surface area contributed by atoms with Gasteiger partial charge < -0.3 is 14.8 Å². The molecule has 1 N–H and O–H groups in total. The number of hydrogen-bond acceptors (Lipinski definition) is 4. The maximum atomic E-state index is 11.8. The molecule has 0 unspecified atom stereocenters. The number of para-hydroxylation sites is 1. The molecule has 0 radical (unpaired) electrons. The number of amides is 1. The topological polar surface area (TPSA) is 64.6 Å². The number of methoxy groups -OCH3 is 1. The number of esters is 1. The normalized spacial score (nSPS) is 10.0. The van der Waals surface area contributed by atoms with Crippen molar-refractivity contribution in [2.45, 2.75) is 6.42 Å². The van der Waals surface area contributed by atoms with Crippen LogP contribution in [0.15, 0.2) is 48.5 Å². The van der Waals surface area contributed by atoms with E-state index in [4.69, 9.17) is 21.1 Å². The summed E-state index contributed by atoms with van der Waals surface area (Å²) in [6.07, 6.45) is 0.0399. The van der Waals surface area contributed by atoms with Gasteiger partial charge in [-0.1, -0.05) is 29.8 Å². The van der Waals surface area contributed by atoms with Crippen LogP contribution in [0.25, 0.3) is 0 Å². The Morgan fingerprint density at radius 3 is 2.48 bits per heavy atom. The van der Waals surface area contributed by atoms with Crippen molar-refractivity contribution in [3.05, 3.63) is 59.1 Å². The first-order valence-corrected chi connectivity index (χ1v) is 7.29. The van der Waals surface area contributed by atoms with Gasteiger partial charge in [0.15, 0.2) is 6.61 Å². The van der Waals surface area contributed by atoms with E-state index in [-0.39, 0.29) is 13.0 Å². The number of carbonyl (C=O) groups is 2. The number of ether oxygens (including phenoxy) is 2. The standard InChI is InChI=1S/C17H16ClNO4/c1-22-15-5-3-2-4-12(15)10-17(21)23-11-16(20)19-14-8-6-13(18)7-9-14/h2-9H,10-11H2,1H3,(H,19,20). The van der Waals surface area contributed by atoms with E-state index in [0.717, 1.165) is 0 Å². The zero-order chi connectivity index (χ0) is 16.7. The predicted octanol–water partition coefficient (Wildman–Crippen LogP) is 3.07. The molecule has 2 aromatic rings. The summed E-state index contributed by atoms with van der Waals surface area (Å²) in [6, 6.07) is 13.8. The van der Waals surface area contributed by atoms with E-state index in [1.165, 1.54) is 7.11 Å². The van der Waals surface area contributed by atoms with Crippen LogP contribution in [0, 0.1) is 0 Å². The monoisotopic (exact) mass is 333 g/mol. The summed E-state index contributed by atoms with van der Waals surface area (Å²) in [6.45, 7) is -0.351. The lowest BCUT2D eigenvalue weighted by Crippen LogP contribution is -2.21. The second kappa shape index (κ2) is 8.19. The van der Waals surface area contributed by atoms with Gasteiger partial charge in [-0.3, -0.25) is 9.59 Å². The number of hydrogen-bond donors (Lipinski definition) is 1. The number of nitrogens with one attached hydrogen (secondary N) is 1. The van der Waals surface area contributed by atoms with Crippen molar-refractivity contribution in [2.24, 2.45) is 0 Å². The minimum Gasteiger partial charge on any atom is -0.496 e. The van der Waals surface area contributed by atoms with Crippen LogP contribution in [0.1, 0.15) is 5.56 Å². The van der Waals surface area contributed by atoms with Crippen molar-refractivity contribution in [1.82, 2.24) is 0 Å². The van der Waals surface area contributed by atoms with Gasteiger partial charge in [0.2, 0.25) is 0 Å². The molecule has 0 spiro atoms. The Labute approximate surface area is 139 Å². The third kappa shape index (κ3) is 5.30. The molecular weight excluding hydrogens is 318 g/mol. The molecule has 2 aromatic carbocycles.